The largest absolute Gasteiger partial charge is 0.457 e. The number of benzene rings is 10. The zero-order valence-electron chi connectivity index (χ0n) is 34.0. The fourth-order valence-corrected chi connectivity index (χ4v) is 12.3. The van der Waals surface area contributed by atoms with Crippen molar-refractivity contribution in [3.8, 4) is 28.3 Å². The molecule has 1 spiro atoms. The molecule has 2 aliphatic rings. The minimum absolute atomic E-state index is 0.593. The summed E-state index contributed by atoms with van der Waals surface area (Å²) in [7, 11) is 0. The van der Waals surface area contributed by atoms with Crippen molar-refractivity contribution in [2.45, 2.75) is 5.41 Å². The molecule has 12 aromatic rings. The van der Waals surface area contributed by atoms with Gasteiger partial charge in [-0.2, -0.15) is 0 Å². The number of nitrogens with zero attached hydrogens (tertiary/aromatic N) is 2. The maximum atomic E-state index is 6.70. The summed E-state index contributed by atoms with van der Waals surface area (Å²) in [6.45, 7) is 0. The van der Waals surface area contributed by atoms with Crippen LogP contribution in [0.1, 0.15) is 22.3 Å². The molecule has 0 saturated carbocycles. The van der Waals surface area contributed by atoms with E-state index in [2.05, 4.69) is 228 Å². The van der Waals surface area contributed by atoms with Gasteiger partial charge in [-0.25, -0.2) is 0 Å². The average Bonchev–Trinajstić information content (AvgIpc) is 3.88. The Morgan fingerprint density at radius 1 is 0.397 bits per heavy atom. The fraction of sp³-hybridized carbons (Fsp3) is 0.0169. The second-order valence-electron chi connectivity index (χ2n) is 16.8. The molecule has 0 bridgehead atoms. The van der Waals surface area contributed by atoms with Gasteiger partial charge in [-0.05, 0) is 100 Å². The second kappa shape index (κ2) is 13.0. The first-order valence-corrected chi connectivity index (χ1v) is 22.4. The molecule has 0 N–H and O–H groups in total. The molecule has 14 rings (SSSR count). The summed E-state index contributed by atoms with van der Waals surface area (Å²) in [5.74, 6) is 1.79. The topological polar surface area (TPSA) is 17.4 Å². The molecule has 0 unspecified atom stereocenters. The van der Waals surface area contributed by atoms with Crippen LogP contribution in [0, 0.1) is 0 Å². The third-order valence-corrected chi connectivity index (χ3v) is 14.8. The molecule has 3 nitrogen and oxygen atoms in total. The standard InChI is InChI=1S/C59H36N2OS/c1-2-15-37(16-3-1)60(38-30-33-53-46(35-38)41-18-5-10-25-51(41)61(53)39-29-31-43-42-19-6-13-28-56(42)63-57(43)36-39)52-34-32-44-40-17-4-7-21-47(40)59(50-24-14-20-45(52)58(44)50)48-22-8-11-26-54(48)62-55-27-12-9-23-49(55)59/h1-36H. The summed E-state index contributed by atoms with van der Waals surface area (Å²) in [6, 6.07) is 80.2. The number of ether oxygens (including phenoxy) is 1. The van der Waals surface area contributed by atoms with Crippen molar-refractivity contribution in [2.24, 2.45) is 0 Å². The SMILES string of the molecule is c1ccc(N(c2ccc3c(c2)c2ccccc2n3-c2ccc3c(c2)sc2ccccc23)c2ccc3c4c(cccc24)C2(c4ccccc4Oc4ccccc42)c2ccccc2-3)cc1. The highest BCUT2D eigenvalue weighted by Crippen LogP contribution is 2.62. The molecule has 0 saturated heterocycles. The summed E-state index contributed by atoms with van der Waals surface area (Å²) in [4.78, 5) is 2.46. The average molecular weight is 821 g/mol. The predicted molar refractivity (Wildman–Crippen MR) is 263 cm³/mol. The van der Waals surface area contributed by atoms with E-state index < -0.39 is 5.41 Å². The zero-order chi connectivity index (χ0) is 41.2. The van der Waals surface area contributed by atoms with Gasteiger partial charge >= 0.3 is 0 Å². The molecule has 0 fully saturated rings. The number of fused-ring (bicyclic) bond motifs is 14. The minimum Gasteiger partial charge on any atom is -0.457 e. The first kappa shape index (κ1) is 34.8. The van der Waals surface area contributed by atoms with Crippen molar-refractivity contribution in [1.82, 2.24) is 4.57 Å². The van der Waals surface area contributed by atoms with Crippen LogP contribution in [0.15, 0.2) is 218 Å². The van der Waals surface area contributed by atoms with Crippen LogP contribution in [0.2, 0.25) is 0 Å². The van der Waals surface area contributed by atoms with Crippen molar-refractivity contribution in [1.29, 1.82) is 0 Å². The van der Waals surface area contributed by atoms with E-state index in [1.165, 1.54) is 80.7 Å². The lowest BCUT2D eigenvalue weighted by atomic mass is 9.58. The summed E-state index contributed by atoms with van der Waals surface area (Å²) in [6.07, 6.45) is 0. The lowest BCUT2D eigenvalue weighted by molar-refractivity contribution is 0.435. The Morgan fingerprint density at radius 2 is 1.05 bits per heavy atom. The Balaban J connectivity index is 1.02. The van der Waals surface area contributed by atoms with Crippen molar-refractivity contribution in [2.75, 3.05) is 4.90 Å². The van der Waals surface area contributed by atoms with Gasteiger partial charge in [0, 0.05) is 64.5 Å². The number of hydrogen-bond donors (Lipinski definition) is 0. The highest BCUT2D eigenvalue weighted by atomic mass is 32.1. The van der Waals surface area contributed by atoms with Crippen molar-refractivity contribution in [3.05, 3.63) is 241 Å². The molecule has 4 heteroatoms. The predicted octanol–water partition coefficient (Wildman–Crippen LogP) is 16.2. The van der Waals surface area contributed by atoms with E-state index in [0.29, 0.717) is 0 Å². The number of aromatic nitrogens is 1. The third-order valence-electron chi connectivity index (χ3n) is 13.6. The second-order valence-corrected chi connectivity index (χ2v) is 17.8. The first-order valence-electron chi connectivity index (χ1n) is 21.6. The molecule has 1 aliphatic carbocycles. The van der Waals surface area contributed by atoms with Crippen LogP contribution in [0.3, 0.4) is 0 Å². The normalized spacial score (nSPS) is 13.3. The van der Waals surface area contributed by atoms with E-state index >= 15 is 0 Å². The van der Waals surface area contributed by atoms with Gasteiger partial charge < -0.3 is 14.2 Å². The van der Waals surface area contributed by atoms with Crippen LogP contribution in [-0.4, -0.2) is 4.57 Å². The smallest absolute Gasteiger partial charge is 0.132 e. The van der Waals surface area contributed by atoms with Gasteiger partial charge in [0.15, 0.2) is 0 Å². The Bertz CT molecular complexity index is 3810. The van der Waals surface area contributed by atoms with Gasteiger partial charge in [0.2, 0.25) is 0 Å². The zero-order valence-corrected chi connectivity index (χ0v) is 34.8. The Kier molecular flexibility index (Phi) is 7.20. The third kappa shape index (κ3) is 4.73. The van der Waals surface area contributed by atoms with E-state index in [0.717, 1.165) is 39.7 Å². The Morgan fingerprint density at radius 3 is 1.89 bits per heavy atom. The van der Waals surface area contributed by atoms with E-state index in [-0.39, 0.29) is 0 Å². The lowest BCUT2D eigenvalue weighted by Crippen LogP contribution is -2.36. The maximum absolute atomic E-state index is 6.70. The van der Waals surface area contributed by atoms with Gasteiger partial charge in [-0.1, -0.05) is 146 Å². The van der Waals surface area contributed by atoms with Crippen molar-refractivity contribution >= 4 is 81.1 Å². The number of anilines is 3. The molecule has 3 heterocycles. The molecule has 10 aromatic carbocycles. The lowest BCUT2D eigenvalue weighted by Gasteiger charge is -2.45. The van der Waals surface area contributed by atoms with Crippen LogP contribution in [0.4, 0.5) is 17.1 Å². The monoisotopic (exact) mass is 820 g/mol. The van der Waals surface area contributed by atoms with E-state index in [9.17, 15) is 0 Å². The van der Waals surface area contributed by atoms with Crippen molar-refractivity contribution in [3.63, 3.8) is 0 Å². The van der Waals surface area contributed by atoms with Crippen LogP contribution < -0.4 is 9.64 Å². The van der Waals surface area contributed by atoms with Gasteiger partial charge in [0.1, 0.15) is 11.5 Å². The molecule has 0 amide bonds. The Labute approximate surface area is 367 Å². The summed E-state index contributed by atoms with van der Waals surface area (Å²) < 4.78 is 11.8. The molecular weight excluding hydrogens is 785 g/mol. The number of para-hydroxylation sites is 4. The van der Waals surface area contributed by atoms with E-state index in [4.69, 9.17) is 4.74 Å². The number of thiophene rings is 1. The summed E-state index contributed by atoms with van der Waals surface area (Å²) in [5.41, 5.74) is 13.6. The van der Waals surface area contributed by atoms with Crippen LogP contribution in [-0.2, 0) is 5.41 Å². The molecule has 63 heavy (non-hydrogen) atoms. The quantitative estimate of drug-likeness (QED) is 0.176. The number of rotatable bonds is 4. The Hall–Kier alpha value is -7.92. The van der Waals surface area contributed by atoms with E-state index in [1.54, 1.807) is 0 Å². The van der Waals surface area contributed by atoms with Gasteiger partial charge in [-0.3, -0.25) is 0 Å². The van der Waals surface area contributed by atoms with Crippen LogP contribution in [0.5, 0.6) is 11.5 Å². The van der Waals surface area contributed by atoms with Gasteiger partial charge in [-0.15, -0.1) is 11.3 Å². The summed E-state index contributed by atoms with van der Waals surface area (Å²) in [5, 5.41) is 7.52. The van der Waals surface area contributed by atoms with Crippen molar-refractivity contribution < 1.29 is 4.74 Å². The molecule has 2 aromatic heterocycles. The van der Waals surface area contributed by atoms with Crippen LogP contribution in [0.25, 0.3) is 69.6 Å². The molecule has 294 valence electrons. The van der Waals surface area contributed by atoms with Gasteiger partial charge in [0.25, 0.3) is 0 Å². The molecule has 1 aliphatic heterocycles. The maximum Gasteiger partial charge on any atom is 0.132 e. The number of hydrogen-bond acceptors (Lipinski definition) is 3. The van der Waals surface area contributed by atoms with Crippen LogP contribution >= 0.6 is 11.3 Å². The summed E-state index contributed by atoms with van der Waals surface area (Å²) >= 11 is 1.86. The highest BCUT2D eigenvalue weighted by molar-refractivity contribution is 7.25. The van der Waals surface area contributed by atoms with Gasteiger partial charge in [0.05, 0.1) is 22.1 Å². The molecular formula is C59H36N2OS. The highest BCUT2D eigenvalue weighted by Gasteiger charge is 2.49. The van der Waals surface area contributed by atoms with E-state index in [1.807, 2.05) is 11.3 Å². The molecule has 0 atom stereocenters. The minimum atomic E-state index is -0.593. The fourth-order valence-electron chi connectivity index (χ4n) is 11.1. The molecule has 0 radical (unpaired) electrons. The first-order chi connectivity index (χ1) is 31.3.